The maximum Gasteiger partial charge on any atom is 0.180 e. The zero-order valence-electron chi connectivity index (χ0n) is 18.1. The molecule has 0 bridgehead atoms. The zero-order chi connectivity index (χ0) is 23.8. The van der Waals surface area contributed by atoms with Crippen LogP contribution in [0.15, 0.2) is 51.8 Å². The summed E-state index contributed by atoms with van der Waals surface area (Å²) in [4.78, 5) is 8.68. The number of rotatable bonds is 8. The number of aromatic amines is 1. The second-order valence-corrected chi connectivity index (χ2v) is 13.3. The van der Waals surface area contributed by atoms with Crippen LogP contribution in [0, 0.1) is 0 Å². The summed E-state index contributed by atoms with van der Waals surface area (Å²) in [5.41, 5.74) is 1.73. The highest BCUT2D eigenvalue weighted by atomic mass is 32.2. The van der Waals surface area contributed by atoms with Crippen LogP contribution >= 0.6 is 11.3 Å². The Bertz CT molecular complexity index is 1490. The first-order chi connectivity index (χ1) is 15.6. The summed E-state index contributed by atoms with van der Waals surface area (Å²) in [6.07, 6.45) is 4.57. The number of hydrogen-bond donors (Lipinski definition) is 1. The van der Waals surface area contributed by atoms with Gasteiger partial charge in [0.15, 0.2) is 19.7 Å². The molecule has 1 N–H and O–H groups in total. The molecule has 0 unspecified atom stereocenters. The molecule has 0 saturated carbocycles. The van der Waals surface area contributed by atoms with E-state index in [2.05, 4.69) is 20.2 Å². The van der Waals surface area contributed by atoms with Gasteiger partial charge in [0, 0.05) is 41.9 Å². The van der Waals surface area contributed by atoms with Crippen LogP contribution < -0.4 is 4.74 Å². The lowest BCUT2D eigenvalue weighted by Gasteiger charge is -2.12. The summed E-state index contributed by atoms with van der Waals surface area (Å²) in [5, 5.41) is 10.1. The van der Waals surface area contributed by atoms with Crippen LogP contribution in [-0.4, -0.2) is 48.5 Å². The number of aromatic nitrogens is 4. The Balaban J connectivity index is 1.72. The number of nitrogens with one attached hydrogen (secondary N) is 1. The molecule has 0 atom stereocenters. The van der Waals surface area contributed by atoms with E-state index in [0.29, 0.717) is 28.8 Å². The van der Waals surface area contributed by atoms with E-state index in [0.717, 1.165) is 17.0 Å². The molecule has 0 amide bonds. The predicted molar refractivity (Wildman–Crippen MR) is 125 cm³/mol. The van der Waals surface area contributed by atoms with E-state index in [1.54, 1.807) is 32.2 Å². The standard InChI is InChI=1S/C21H22N4O5S3/c1-13(2)33(28,29)16-8-17-18(10-20-22-6-7-31-20)24-25-21(17)19(9-16)30-12-14-4-5-15(11-23-14)32(3,26)27/h4-9,11,13H,10,12H2,1-3H3,(H,24,25). The summed E-state index contributed by atoms with van der Waals surface area (Å²) in [5.74, 6) is 0.294. The fraction of sp³-hybridized carbons (Fsp3) is 0.286. The number of hydrogen-bond acceptors (Lipinski definition) is 9. The fourth-order valence-electron chi connectivity index (χ4n) is 3.15. The van der Waals surface area contributed by atoms with Gasteiger partial charge in [-0.2, -0.15) is 5.10 Å². The van der Waals surface area contributed by atoms with Crippen molar-refractivity contribution in [1.82, 2.24) is 20.2 Å². The summed E-state index contributed by atoms with van der Waals surface area (Å²) < 4.78 is 55.0. The van der Waals surface area contributed by atoms with E-state index in [9.17, 15) is 16.8 Å². The second kappa shape index (κ2) is 8.84. The SMILES string of the molecule is CC(C)S(=O)(=O)c1cc(OCc2ccc(S(C)(=O)=O)cn2)c2n[nH]c(Cc3nccs3)c2c1. The predicted octanol–water partition coefficient (Wildman–Crippen LogP) is 3.17. The van der Waals surface area contributed by atoms with Crippen LogP contribution in [0.2, 0.25) is 0 Å². The van der Waals surface area contributed by atoms with Gasteiger partial charge in [0.25, 0.3) is 0 Å². The zero-order valence-corrected chi connectivity index (χ0v) is 20.6. The Labute approximate surface area is 195 Å². The Morgan fingerprint density at radius 2 is 1.88 bits per heavy atom. The molecule has 3 aromatic heterocycles. The molecule has 4 aromatic rings. The first-order valence-corrected chi connectivity index (χ1v) is 14.3. The van der Waals surface area contributed by atoms with Crippen molar-refractivity contribution in [2.24, 2.45) is 0 Å². The number of benzene rings is 1. The molecule has 4 rings (SSSR count). The number of ether oxygens (including phenoxy) is 1. The third kappa shape index (κ3) is 4.92. The van der Waals surface area contributed by atoms with Gasteiger partial charge in [-0.25, -0.2) is 21.8 Å². The number of H-pyrrole nitrogens is 1. The highest BCUT2D eigenvalue weighted by Gasteiger charge is 2.24. The average Bonchev–Trinajstić information content (AvgIpc) is 3.42. The summed E-state index contributed by atoms with van der Waals surface area (Å²) in [6.45, 7) is 3.26. The lowest BCUT2D eigenvalue weighted by Crippen LogP contribution is -2.14. The molecule has 0 spiro atoms. The van der Waals surface area contributed by atoms with Crippen LogP contribution in [0.4, 0.5) is 0 Å². The monoisotopic (exact) mass is 506 g/mol. The Morgan fingerprint density at radius 1 is 1.09 bits per heavy atom. The van der Waals surface area contributed by atoms with Crippen molar-refractivity contribution >= 4 is 41.9 Å². The Kier molecular flexibility index (Phi) is 6.25. The number of thiazole rings is 1. The highest BCUT2D eigenvalue weighted by molar-refractivity contribution is 7.92. The topological polar surface area (TPSA) is 132 Å². The van der Waals surface area contributed by atoms with Gasteiger partial charge >= 0.3 is 0 Å². The van der Waals surface area contributed by atoms with E-state index >= 15 is 0 Å². The van der Waals surface area contributed by atoms with Gasteiger partial charge in [0.2, 0.25) is 0 Å². The third-order valence-corrected chi connectivity index (χ3v) is 9.05. The molecule has 0 fully saturated rings. The van der Waals surface area contributed by atoms with Gasteiger partial charge in [-0.05, 0) is 32.0 Å². The van der Waals surface area contributed by atoms with Gasteiger partial charge in [0.1, 0.15) is 17.9 Å². The van der Waals surface area contributed by atoms with Crippen LogP contribution in [0.5, 0.6) is 5.75 Å². The summed E-state index contributed by atoms with van der Waals surface area (Å²) in [6, 6.07) is 6.09. The number of fused-ring (bicyclic) bond motifs is 1. The molecule has 3 heterocycles. The minimum atomic E-state index is -3.57. The average molecular weight is 507 g/mol. The number of nitrogens with zero attached hydrogens (tertiary/aromatic N) is 3. The van der Waals surface area contributed by atoms with E-state index in [4.69, 9.17) is 4.74 Å². The minimum absolute atomic E-state index is 0.0129. The van der Waals surface area contributed by atoms with Crippen molar-refractivity contribution in [2.75, 3.05) is 6.26 Å². The molecule has 0 aliphatic carbocycles. The van der Waals surface area contributed by atoms with E-state index in [1.807, 2.05) is 5.38 Å². The second-order valence-electron chi connectivity index (χ2n) is 7.76. The quantitative estimate of drug-likeness (QED) is 0.385. The largest absolute Gasteiger partial charge is 0.485 e. The van der Waals surface area contributed by atoms with Gasteiger partial charge < -0.3 is 4.74 Å². The van der Waals surface area contributed by atoms with Crippen LogP contribution in [0.25, 0.3) is 10.9 Å². The Morgan fingerprint density at radius 3 is 2.48 bits per heavy atom. The van der Waals surface area contributed by atoms with Gasteiger partial charge in [0.05, 0.1) is 31.4 Å². The van der Waals surface area contributed by atoms with Crippen LogP contribution in [0.3, 0.4) is 0 Å². The molecule has 174 valence electrons. The third-order valence-electron chi connectivity index (χ3n) is 5.04. The first-order valence-electron chi connectivity index (χ1n) is 9.97. The molecular weight excluding hydrogens is 484 g/mol. The first kappa shape index (κ1) is 23.3. The fourth-order valence-corrected chi connectivity index (χ4v) is 5.44. The molecule has 9 nitrogen and oxygen atoms in total. The lowest BCUT2D eigenvalue weighted by molar-refractivity contribution is 0.303. The van der Waals surface area contributed by atoms with Crippen LogP contribution in [0.1, 0.15) is 30.2 Å². The van der Waals surface area contributed by atoms with Crippen molar-refractivity contribution in [2.45, 2.75) is 41.9 Å². The molecule has 33 heavy (non-hydrogen) atoms. The minimum Gasteiger partial charge on any atom is -0.485 e. The normalized spacial score (nSPS) is 12.5. The summed E-state index contributed by atoms with van der Waals surface area (Å²) >= 11 is 1.50. The van der Waals surface area contributed by atoms with Crippen molar-refractivity contribution in [1.29, 1.82) is 0 Å². The number of pyridine rings is 1. The van der Waals surface area contributed by atoms with E-state index < -0.39 is 24.9 Å². The molecule has 0 aliphatic heterocycles. The van der Waals surface area contributed by atoms with Gasteiger partial charge in [-0.15, -0.1) is 11.3 Å². The Hall–Kier alpha value is -2.83. The van der Waals surface area contributed by atoms with Gasteiger partial charge in [-0.1, -0.05) is 0 Å². The summed E-state index contributed by atoms with van der Waals surface area (Å²) in [7, 11) is -6.92. The molecular formula is C21H22N4O5S3. The van der Waals surface area contributed by atoms with Crippen molar-refractivity contribution in [3.63, 3.8) is 0 Å². The maximum absolute atomic E-state index is 12.9. The van der Waals surface area contributed by atoms with E-state index in [-0.39, 0.29) is 16.4 Å². The molecule has 1 aromatic carbocycles. The van der Waals surface area contributed by atoms with Crippen LogP contribution in [-0.2, 0) is 32.7 Å². The van der Waals surface area contributed by atoms with Gasteiger partial charge in [-0.3, -0.25) is 10.1 Å². The number of sulfone groups is 2. The molecule has 12 heteroatoms. The lowest BCUT2D eigenvalue weighted by atomic mass is 10.1. The van der Waals surface area contributed by atoms with E-state index in [1.165, 1.54) is 29.7 Å². The van der Waals surface area contributed by atoms with Crippen molar-refractivity contribution in [3.8, 4) is 5.75 Å². The molecule has 0 radical (unpaired) electrons. The van der Waals surface area contributed by atoms with Crippen molar-refractivity contribution in [3.05, 3.63) is 58.4 Å². The van der Waals surface area contributed by atoms with Crippen molar-refractivity contribution < 1.29 is 21.6 Å². The highest BCUT2D eigenvalue weighted by Crippen LogP contribution is 2.33. The smallest absolute Gasteiger partial charge is 0.180 e. The maximum atomic E-state index is 12.9. The molecule has 0 aliphatic rings. The molecule has 0 saturated heterocycles.